The van der Waals surface area contributed by atoms with Gasteiger partial charge in [-0.05, 0) is 92.9 Å². The highest BCUT2D eigenvalue weighted by molar-refractivity contribution is 7.99. The Bertz CT molecular complexity index is 875. The molecule has 4 aliphatic rings. The fourth-order valence-electron chi connectivity index (χ4n) is 6.39. The molecule has 0 spiro atoms. The van der Waals surface area contributed by atoms with Crippen LogP contribution in [0.25, 0.3) is 11.5 Å². The van der Waals surface area contributed by atoms with Crippen molar-refractivity contribution in [3.8, 4) is 17.2 Å². The van der Waals surface area contributed by atoms with E-state index < -0.39 is 0 Å². The molecule has 1 aromatic carbocycles. The molecule has 1 heterocycles. The van der Waals surface area contributed by atoms with E-state index in [0.29, 0.717) is 22.3 Å². The first-order valence-electron chi connectivity index (χ1n) is 10.9. The first-order chi connectivity index (χ1) is 14.5. The Balaban J connectivity index is 1.15. The van der Waals surface area contributed by atoms with Crippen molar-refractivity contribution in [1.29, 1.82) is 0 Å². The molecule has 1 unspecified atom stereocenters. The van der Waals surface area contributed by atoms with Crippen molar-refractivity contribution in [2.45, 2.75) is 56.7 Å². The highest BCUT2D eigenvalue weighted by atomic mass is 32.2. The number of carbonyl (C=O) groups excluding carboxylic acids is 1. The van der Waals surface area contributed by atoms with Gasteiger partial charge in [0, 0.05) is 11.6 Å². The topological polar surface area (TPSA) is 77.2 Å². The molecule has 1 N–H and O–H groups in total. The van der Waals surface area contributed by atoms with Crippen molar-refractivity contribution in [3.63, 3.8) is 0 Å². The van der Waals surface area contributed by atoms with Crippen LogP contribution in [0, 0.1) is 23.2 Å². The average Bonchev–Trinajstić information content (AvgIpc) is 3.20. The Labute approximate surface area is 181 Å². The van der Waals surface area contributed by atoms with E-state index in [-0.39, 0.29) is 11.9 Å². The summed E-state index contributed by atoms with van der Waals surface area (Å²) >= 11 is 1.29. The molecule has 2 aromatic rings. The third kappa shape index (κ3) is 3.84. The number of nitrogens with one attached hydrogen (secondary N) is 1. The Morgan fingerprint density at radius 1 is 1.17 bits per heavy atom. The molecule has 1 atom stereocenters. The van der Waals surface area contributed by atoms with Crippen molar-refractivity contribution < 1.29 is 13.9 Å². The molecule has 7 heteroatoms. The van der Waals surface area contributed by atoms with Gasteiger partial charge in [0.15, 0.2) is 0 Å². The minimum absolute atomic E-state index is 0.0486. The number of amides is 1. The Morgan fingerprint density at radius 2 is 1.80 bits per heavy atom. The zero-order valence-electron chi connectivity index (χ0n) is 17.6. The molecule has 160 valence electrons. The summed E-state index contributed by atoms with van der Waals surface area (Å²) in [7, 11) is 1.63. The summed E-state index contributed by atoms with van der Waals surface area (Å²) in [5.41, 5.74) is 1.15. The van der Waals surface area contributed by atoms with Gasteiger partial charge in [-0.15, -0.1) is 10.2 Å². The van der Waals surface area contributed by atoms with Crippen molar-refractivity contribution in [2.24, 2.45) is 23.2 Å². The molecule has 0 radical (unpaired) electrons. The van der Waals surface area contributed by atoms with Gasteiger partial charge in [-0.3, -0.25) is 4.79 Å². The standard InChI is InChI=1S/C23H29N3O3S/c1-14(23-10-15-7-16(11-23)9-17(8-15)12-23)24-20(27)13-30-22-26-25-21(29-22)18-3-5-19(28-2)6-4-18/h3-6,14-17H,7-13H2,1-2H3,(H,24,27). The van der Waals surface area contributed by atoms with Crippen LogP contribution >= 0.6 is 11.8 Å². The van der Waals surface area contributed by atoms with Crippen LogP contribution in [0.4, 0.5) is 0 Å². The van der Waals surface area contributed by atoms with Gasteiger partial charge in [0.1, 0.15) is 5.75 Å². The highest BCUT2D eigenvalue weighted by Crippen LogP contribution is 2.61. The molecule has 4 bridgehead atoms. The molecule has 4 aliphatic carbocycles. The predicted octanol–water partition coefficient (Wildman–Crippen LogP) is 4.56. The van der Waals surface area contributed by atoms with E-state index in [9.17, 15) is 4.79 Å². The van der Waals surface area contributed by atoms with Gasteiger partial charge in [-0.2, -0.15) is 0 Å². The second kappa shape index (κ2) is 7.91. The first kappa shape index (κ1) is 19.9. The second-order valence-electron chi connectivity index (χ2n) is 9.46. The molecule has 30 heavy (non-hydrogen) atoms. The van der Waals surface area contributed by atoms with Gasteiger partial charge in [0.05, 0.1) is 12.9 Å². The number of benzene rings is 1. The fraction of sp³-hybridized carbons (Fsp3) is 0.609. The van der Waals surface area contributed by atoms with Crippen molar-refractivity contribution in [3.05, 3.63) is 24.3 Å². The van der Waals surface area contributed by atoms with Crippen LogP contribution in [-0.4, -0.2) is 35.0 Å². The lowest BCUT2D eigenvalue weighted by atomic mass is 9.48. The van der Waals surface area contributed by atoms with E-state index in [1.807, 2.05) is 24.3 Å². The summed E-state index contributed by atoms with van der Waals surface area (Å²) < 4.78 is 10.9. The molecule has 1 aromatic heterocycles. The number of hydrogen-bond donors (Lipinski definition) is 1. The van der Waals surface area contributed by atoms with E-state index in [1.54, 1.807) is 7.11 Å². The number of rotatable bonds is 7. The van der Waals surface area contributed by atoms with Gasteiger partial charge in [0.25, 0.3) is 5.22 Å². The second-order valence-corrected chi connectivity index (χ2v) is 10.4. The van der Waals surface area contributed by atoms with Crippen molar-refractivity contribution in [1.82, 2.24) is 15.5 Å². The molecule has 6 rings (SSSR count). The van der Waals surface area contributed by atoms with Crippen LogP contribution in [-0.2, 0) is 4.79 Å². The fourth-order valence-corrected chi connectivity index (χ4v) is 6.96. The van der Waals surface area contributed by atoms with E-state index in [1.165, 1.54) is 50.3 Å². The zero-order chi connectivity index (χ0) is 20.7. The van der Waals surface area contributed by atoms with E-state index in [4.69, 9.17) is 9.15 Å². The lowest BCUT2D eigenvalue weighted by molar-refractivity contribution is -0.123. The first-order valence-corrected chi connectivity index (χ1v) is 11.9. The summed E-state index contributed by atoms with van der Waals surface area (Å²) in [6.07, 6.45) is 8.14. The highest BCUT2D eigenvalue weighted by Gasteiger charge is 2.53. The van der Waals surface area contributed by atoms with Gasteiger partial charge in [-0.1, -0.05) is 11.8 Å². The number of hydrogen-bond acceptors (Lipinski definition) is 6. The number of aromatic nitrogens is 2. The molecular formula is C23H29N3O3S. The summed E-state index contributed by atoms with van der Waals surface area (Å²) in [6.45, 7) is 2.21. The SMILES string of the molecule is COc1ccc(-c2nnc(SCC(=O)NC(C)C34CC5CC(CC(C5)C3)C4)o2)cc1. The monoisotopic (exact) mass is 427 g/mol. The largest absolute Gasteiger partial charge is 0.497 e. The van der Waals surface area contributed by atoms with Crippen LogP contribution in [0.2, 0.25) is 0 Å². The average molecular weight is 428 g/mol. The molecule has 1 amide bonds. The molecular weight excluding hydrogens is 398 g/mol. The number of thioether (sulfide) groups is 1. The van der Waals surface area contributed by atoms with Crippen molar-refractivity contribution >= 4 is 17.7 Å². The Morgan fingerprint density at radius 3 is 2.40 bits per heavy atom. The number of ether oxygens (including phenoxy) is 1. The van der Waals surface area contributed by atoms with Crippen LogP contribution in [0.5, 0.6) is 5.75 Å². The van der Waals surface area contributed by atoms with Gasteiger partial charge in [0.2, 0.25) is 11.8 Å². The van der Waals surface area contributed by atoms with Crippen molar-refractivity contribution in [2.75, 3.05) is 12.9 Å². The minimum atomic E-state index is 0.0486. The number of methoxy groups -OCH3 is 1. The summed E-state index contributed by atoms with van der Waals surface area (Å²) in [4.78, 5) is 12.6. The van der Waals surface area contributed by atoms with Crippen LogP contribution in [0.15, 0.2) is 33.9 Å². The third-order valence-corrected chi connectivity index (χ3v) is 8.27. The molecule has 6 nitrogen and oxygen atoms in total. The molecule has 4 saturated carbocycles. The molecule has 4 fully saturated rings. The number of nitrogens with zero attached hydrogens (tertiary/aromatic N) is 2. The lowest BCUT2D eigenvalue weighted by Gasteiger charge is -2.59. The lowest BCUT2D eigenvalue weighted by Crippen LogP contribution is -2.56. The van der Waals surface area contributed by atoms with Gasteiger partial charge < -0.3 is 14.5 Å². The van der Waals surface area contributed by atoms with E-state index >= 15 is 0 Å². The van der Waals surface area contributed by atoms with Crippen LogP contribution in [0.3, 0.4) is 0 Å². The zero-order valence-corrected chi connectivity index (χ0v) is 18.4. The Kier molecular flexibility index (Phi) is 5.25. The maximum absolute atomic E-state index is 12.6. The summed E-state index contributed by atoms with van der Waals surface area (Å²) in [5.74, 6) is 4.23. The maximum Gasteiger partial charge on any atom is 0.277 e. The molecule has 0 aliphatic heterocycles. The summed E-state index contributed by atoms with van der Waals surface area (Å²) in [5, 5.41) is 11.9. The van der Waals surface area contributed by atoms with E-state index in [0.717, 1.165) is 29.1 Å². The van der Waals surface area contributed by atoms with Crippen LogP contribution in [0.1, 0.15) is 45.4 Å². The smallest absolute Gasteiger partial charge is 0.277 e. The van der Waals surface area contributed by atoms with E-state index in [2.05, 4.69) is 22.4 Å². The third-order valence-electron chi connectivity index (χ3n) is 7.45. The normalized spacial score (nSPS) is 30.3. The number of carbonyl (C=O) groups is 1. The van der Waals surface area contributed by atoms with Gasteiger partial charge >= 0.3 is 0 Å². The van der Waals surface area contributed by atoms with Gasteiger partial charge in [-0.25, -0.2) is 0 Å². The Hall–Kier alpha value is -2.02. The minimum Gasteiger partial charge on any atom is -0.497 e. The summed E-state index contributed by atoms with van der Waals surface area (Å²) in [6, 6.07) is 7.69. The quantitative estimate of drug-likeness (QED) is 0.653. The predicted molar refractivity (Wildman–Crippen MR) is 115 cm³/mol. The maximum atomic E-state index is 12.6. The van der Waals surface area contributed by atoms with Crippen LogP contribution < -0.4 is 10.1 Å². The molecule has 0 saturated heterocycles.